The first-order valence-corrected chi connectivity index (χ1v) is 10.8. The Labute approximate surface area is 165 Å². The molecule has 0 radical (unpaired) electrons. The molecule has 0 atom stereocenters. The molecule has 28 heavy (non-hydrogen) atoms. The third kappa shape index (κ3) is 3.62. The van der Waals surface area contributed by atoms with E-state index in [4.69, 9.17) is 0 Å². The third-order valence-electron chi connectivity index (χ3n) is 4.88. The first kappa shape index (κ1) is 19.9. The fraction of sp³-hybridized carbons (Fsp3) is 0.286. The minimum absolute atomic E-state index is 0.0854. The average Bonchev–Trinajstić information content (AvgIpc) is 2.89. The van der Waals surface area contributed by atoms with Gasteiger partial charge in [0.25, 0.3) is 5.56 Å². The maximum Gasteiger partial charge on any atom is 0.296 e. The lowest BCUT2D eigenvalue weighted by molar-refractivity contribution is 0.591. The number of hydrogen-bond acceptors (Lipinski definition) is 3. The lowest BCUT2D eigenvalue weighted by Gasteiger charge is -2.23. The lowest BCUT2D eigenvalue weighted by atomic mass is 10.1. The maximum absolute atomic E-state index is 13.3. The minimum atomic E-state index is -3.65. The zero-order chi connectivity index (χ0) is 20.5. The van der Waals surface area contributed by atoms with Crippen molar-refractivity contribution < 1.29 is 8.42 Å². The van der Waals surface area contributed by atoms with E-state index in [9.17, 15) is 13.2 Å². The first-order valence-electron chi connectivity index (χ1n) is 9.16. The molecular formula is C21H25N3O3S. The number of rotatable bonds is 6. The van der Waals surface area contributed by atoms with Gasteiger partial charge in [-0.2, -0.15) is 0 Å². The van der Waals surface area contributed by atoms with E-state index < -0.39 is 10.0 Å². The zero-order valence-corrected chi connectivity index (χ0v) is 17.4. The van der Waals surface area contributed by atoms with Crippen molar-refractivity contribution in [1.29, 1.82) is 0 Å². The fourth-order valence-electron chi connectivity index (χ4n) is 3.29. The Morgan fingerprint density at radius 1 is 1.00 bits per heavy atom. The molecular weight excluding hydrogens is 374 g/mol. The van der Waals surface area contributed by atoms with Gasteiger partial charge in [-0.15, -0.1) is 0 Å². The van der Waals surface area contributed by atoms with Crippen LogP contribution in [0.5, 0.6) is 0 Å². The number of para-hydroxylation sites is 1. The summed E-state index contributed by atoms with van der Waals surface area (Å²) in [4.78, 5) is 13.3. The van der Waals surface area contributed by atoms with Gasteiger partial charge in [0.15, 0.2) is 0 Å². The Bertz CT molecular complexity index is 1150. The summed E-state index contributed by atoms with van der Waals surface area (Å²) < 4.78 is 30.3. The molecule has 3 rings (SSSR count). The highest BCUT2D eigenvalue weighted by Crippen LogP contribution is 2.24. The predicted molar refractivity (Wildman–Crippen MR) is 113 cm³/mol. The molecule has 0 aliphatic heterocycles. The smallest absolute Gasteiger partial charge is 0.283 e. The van der Waals surface area contributed by atoms with Gasteiger partial charge in [-0.3, -0.25) is 13.8 Å². The first-order chi connectivity index (χ1) is 13.3. The van der Waals surface area contributed by atoms with Crippen LogP contribution < -0.4 is 9.86 Å². The molecule has 2 aromatic carbocycles. The zero-order valence-electron chi connectivity index (χ0n) is 16.6. The summed E-state index contributed by atoms with van der Waals surface area (Å²) in [6.45, 7) is 5.43. The van der Waals surface area contributed by atoms with Crippen LogP contribution in [0.15, 0.2) is 59.4 Å². The third-order valence-corrected chi connectivity index (χ3v) is 6.60. The van der Waals surface area contributed by atoms with Crippen LogP contribution in [0.25, 0.3) is 5.69 Å². The number of sulfonamides is 1. The lowest BCUT2D eigenvalue weighted by Crippen LogP contribution is -2.36. The largest absolute Gasteiger partial charge is 0.296 e. The van der Waals surface area contributed by atoms with Gasteiger partial charge in [-0.25, -0.2) is 13.1 Å². The number of benzene rings is 2. The molecule has 0 bridgehead atoms. The van der Waals surface area contributed by atoms with E-state index in [1.807, 2.05) is 61.5 Å². The number of anilines is 1. The van der Waals surface area contributed by atoms with Gasteiger partial charge in [-0.05, 0) is 38.5 Å². The van der Waals surface area contributed by atoms with E-state index in [-0.39, 0.29) is 23.5 Å². The van der Waals surface area contributed by atoms with Crippen LogP contribution in [-0.2, 0) is 23.6 Å². The molecule has 0 N–H and O–H groups in total. The normalized spacial score (nSPS) is 11.6. The van der Waals surface area contributed by atoms with Crippen molar-refractivity contribution >= 4 is 15.7 Å². The fourth-order valence-corrected chi connectivity index (χ4v) is 4.44. The molecule has 7 heteroatoms. The van der Waals surface area contributed by atoms with E-state index >= 15 is 0 Å². The minimum Gasteiger partial charge on any atom is -0.283 e. The highest BCUT2D eigenvalue weighted by molar-refractivity contribution is 7.92. The maximum atomic E-state index is 13.3. The van der Waals surface area contributed by atoms with Gasteiger partial charge in [0, 0.05) is 7.05 Å². The van der Waals surface area contributed by atoms with Gasteiger partial charge in [0.2, 0.25) is 10.0 Å². The van der Waals surface area contributed by atoms with Crippen molar-refractivity contribution in [3.63, 3.8) is 0 Å². The van der Waals surface area contributed by atoms with Crippen molar-refractivity contribution in [3.05, 3.63) is 81.8 Å². The Balaban J connectivity index is 2.20. The van der Waals surface area contributed by atoms with Crippen molar-refractivity contribution in [2.45, 2.75) is 27.3 Å². The highest BCUT2D eigenvalue weighted by Gasteiger charge is 2.29. The number of aryl methyl sites for hydroxylation is 1. The van der Waals surface area contributed by atoms with Gasteiger partial charge in [0.05, 0.1) is 23.7 Å². The van der Waals surface area contributed by atoms with Crippen molar-refractivity contribution in [2.75, 3.05) is 10.1 Å². The predicted octanol–water partition coefficient (Wildman–Crippen LogP) is 3.15. The van der Waals surface area contributed by atoms with E-state index in [2.05, 4.69) is 0 Å². The van der Waals surface area contributed by atoms with Crippen molar-refractivity contribution in [3.8, 4) is 5.69 Å². The topological polar surface area (TPSA) is 64.3 Å². The Hall–Kier alpha value is -2.80. The molecule has 0 fully saturated rings. The highest BCUT2D eigenvalue weighted by atomic mass is 32.2. The van der Waals surface area contributed by atoms with E-state index in [1.54, 1.807) is 25.6 Å². The molecule has 0 saturated heterocycles. The van der Waals surface area contributed by atoms with E-state index in [1.165, 1.54) is 8.99 Å². The summed E-state index contributed by atoms with van der Waals surface area (Å²) in [5.74, 6) is -0.0854. The molecule has 0 unspecified atom stereocenters. The molecule has 0 aliphatic rings. The molecule has 0 spiro atoms. The second kappa shape index (κ2) is 7.67. The molecule has 0 saturated carbocycles. The van der Waals surface area contributed by atoms with Crippen LogP contribution in [0.1, 0.15) is 23.7 Å². The summed E-state index contributed by atoms with van der Waals surface area (Å²) in [6.07, 6.45) is 0. The molecule has 6 nitrogen and oxygen atoms in total. The van der Waals surface area contributed by atoms with Gasteiger partial charge in [0.1, 0.15) is 5.69 Å². The van der Waals surface area contributed by atoms with Crippen LogP contribution in [0.3, 0.4) is 0 Å². The van der Waals surface area contributed by atoms with E-state index in [0.717, 1.165) is 11.1 Å². The average molecular weight is 400 g/mol. The summed E-state index contributed by atoms with van der Waals surface area (Å²) in [7, 11) is -1.89. The summed E-state index contributed by atoms with van der Waals surface area (Å²) in [5, 5.41) is 0. The Kier molecular flexibility index (Phi) is 5.47. The van der Waals surface area contributed by atoms with Crippen LogP contribution in [-0.4, -0.2) is 23.5 Å². The van der Waals surface area contributed by atoms with E-state index in [0.29, 0.717) is 11.4 Å². The number of aromatic nitrogens is 2. The molecule has 148 valence electrons. The van der Waals surface area contributed by atoms with Crippen LogP contribution in [0, 0.1) is 13.8 Å². The van der Waals surface area contributed by atoms with Crippen molar-refractivity contribution in [2.24, 2.45) is 7.05 Å². The van der Waals surface area contributed by atoms with Crippen LogP contribution in [0.2, 0.25) is 0 Å². The standard InChI is InChI=1S/C21H25N3O3S/c1-5-28(26,27)23(15-18-11-9-10-16(2)14-18)20-17(3)22(4)24(21(20)25)19-12-7-6-8-13-19/h6-14H,5,15H2,1-4H3. The SMILES string of the molecule is CCS(=O)(=O)N(Cc1cccc(C)c1)c1c(C)n(C)n(-c2ccccc2)c1=O. The quantitative estimate of drug-likeness (QED) is 0.640. The number of nitrogens with zero attached hydrogens (tertiary/aromatic N) is 3. The van der Waals surface area contributed by atoms with Gasteiger partial charge < -0.3 is 0 Å². The van der Waals surface area contributed by atoms with Gasteiger partial charge in [-0.1, -0.05) is 48.0 Å². The van der Waals surface area contributed by atoms with Crippen LogP contribution >= 0.6 is 0 Å². The number of hydrogen-bond donors (Lipinski definition) is 0. The van der Waals surface area contributed by atoms with Gasteiger partial charge >= 0.3 is 0 Å². The molecule has 0 aliphatic carbocycles. The Morgan fingerprint density at radius 2 is 1.68 bits per heavy atom. The van der Waals surface area contributed by atoms with Crippen LogP contribution in [0.4, 0.5) is 5.69 Å². The summed E-state index contributed by atoms with van der Waals surface area (Å²) in [5.41, 5.74) is 3.00. The Morgan fingerprint density at radius 3 is 2.29 bits per heavy atom. The summed E-state index contributed by atoms with van der Waals surface area (Å²) >= 11 is 0. The second-order valence-electron chi connectivity index (χ2n) is 6.81. The van der Waals surface area contributed by atoms with Crippen molar-refractivity contribution in [1.82, 2.24) is 9.36 Å². The molecule has 3 aromatic rings. The second-order valence-corrected chi connectivity index (χ2v) is 8.99. The molecule has 0 amide bonds. The monoisotopic (exact) mass is 399 g/mol. The summed E-state index contributed by atoms with van der Waals surface area (Å²) in [6, 6.07) is 16.9. The molecule has 1 aromatic heterocycles. The molecule has 1 heterocycles.